The first kappa shape index (κ1) is 15.8. The summed E-state index contributed by atoms with van der Waals surface area (Å²) >= 11 is 0. The van der Waals surface area contributed by atoms with Crippen molar-refractivity contribution in [2.75, 3.05) is 5.32 Å². The molecule has 0 saturated carbocycles. The van der Waals surface area contributed by atoms with E-state index >= 15 is 0 Å². The molecule has 26 heavy (non-hydrogen) atoms. The lowest BCUT2D eigenvalue weighted by atomic mass is 10.2. The monoisotopic (exact) mass is 344 g/mol. The van der Waals surface area contributed by atoms with Crippen molar-refractivity contribution in [2.45, 2.75) is 6.92 Å². The third-order valence-corrected chi connectivity index (χ3v) is 4.02. The number of carbonyl (C=O) groups is 1. The van der Waals surface area contributed by atoms with Gasteiger partial charge in [-0.1, -0.05) is 12.1 Å². The Morgan fingerprint density at radius 2 is 1.81 bits per heavy atom. The summed E-state index contributed by atoms with van der Waals surface area (Å²) in [5, 5.41) is 3.18. The Bertz CT molecular complexity index is 1100. The molecule has 0 spiro atoms. The van der Waals surface area contributed by atoms with Crippen LogP contribution in [0.3, 0.4) is 0 Å². The van der Waals surface area contributed by atoms with Gasteiger partial charge in [0.15, 0.2) is 11.6 Å². The molecular formula is C19H16N6O. The molecule has 128 valence electrons. The zero-order valence-corrected chi connectivity index (χ0v) is 14.0. The van der Waals surface area contributed by atoms with E-state index in [0.29, 0.717) is 17.2 Å². The van der Waals surface area contributed by atoms with Crippen LogP contribution in [0.15, 0.2) is 60.9 Å². The number of carbonyl (C=O) groups excluding carboxylic acids is 1. The third kappa shape index (κ3) is 2.86. The lowest BCUT2D eigenvalue weighted by Gasteiger charge is -2.09. The number of benzene rings is 2. The van der Waals surface area contributed by atoms with Gasteiger partial charge in [0.05, 0.1) is 23.4 Å². The summed E-state index contributed by atoms with van der Waals surface area (Å²) in [6.45, 7) is 1.93. The van der Waals surface area contributed by atoms with E-state index in [1.54, 1.807) is 36.7 Å². The van der Waals surface area contributed by atoms with Crippen LogP contribution >= 0.6 is 0 Å². The quantitative estimate of drug-likeness (QED) is 0.593. The summed E-state index contributed by atoms with van der Waals surface area (Å²) in [6, 6.07) is 14.8. The molecule has 0 fully saturated rings. The molecule has 2 heterocycles. The fraction of sp³-hybridized carbons (Fsp3) is 0.0526. The average molecular weight is 344 g/mol. The molecule has 7 nitrogen and oxygen atoms in total. The predicted molar refractivity (Wildman–Crippen MR) is 99.6 cm³/mol. The maximum atomic E-state index is 11.2. The molecule has 0 radical (unpaired) electrons. The molecule has 2 aromatic heterocycles. The molecule has 0 atom stereocenters. The molecule has 0 aliphatic rings. The molecule has 0 aliphatic carbocycles. The van der Waals surface area contributed by atoms with Gasteiger partial charge in [-0.3, -0.25) is 14.3 Å². The van der Waals surface area contributed by atoms with Gasteiger partial charge >= 0.3 is 0 Å². The molecule has 4 aromatic rings. The molecule has 0 unspecified atom stereocenters. The topological polar surface area (TPSA) is 98.7 Å². The van der Waals surface area contributed by atoms with Crippen molar-refractivity contribution in [1.82, 2.24) is 19.5 Å². The standard InChI is InChI=1S/C19H16N6O/c1-12-22-15-4-2-3-5-16(15)25(12)18-11-21-10-17(24-18)23-14-8-6-13(7-9-14)19(20)26/h2-11H,1H3,(H2,20,26)(H,23,24). The molecule has 1 amide bonds. The summed E-state index contributed by atoms with van der Waals surface area (Å²) in [6.07, 6.45) is 3.34. The second-order valence-corrected chi connectivity index (χ2v) is 5.81. The Morgan fingerprint density at radius 1 is 1.04 bits per heavy atom. The number of amides is 1. The van der Waals surface area contributed by atoms with Crippen molar-refractivity contribution in [1.29, 1.82) is 0 Å². The molecule has 2 aromatic carbocycles. The first-order valence-electron chi connectivity index (χ1n) is 8.05. The Balaban J connectivity index is 1.68. The Kier molecular flexibility index (Phi) is 3.81. The number of rotatable bonds is 4. The number of aromatic nitrogens is 4. The fourth-order valence-electron chi connectivity index (χ4n) is 2.82. The summed E-state index contributed by atoms with van der Waals surface area (Å²) in [7, 11) is 0. The zero-order chi connectivity index (χ0) is 18.1. The van der Waals surface area contributed by atoms with Crippen LogP contribution in [0.25, 0.3) is 16.9 Å². The van der Waals surface area contributed by atoms with Crippen LogP contribution in [-0.2, 0) is 0 Å². The van der Waals surface area contributed by atoms with Crippen molar-refractivity contribution in [3.63, 3.8) is 0 Å². The summed E-state index contributed by atoms with van der Waals surface area (Å²) in [5.74, 6) is 1.64. The Hall–Kier alpha value is -3.74. The smallest absolute Gasteiger partial charge is 0.248 e. The number of nitrogens with zero attached hydrogens (tertiary/aromatic N) is 4. The molecule has 3 N–H and O–H groups in total. The van der Waals surface area contributed by atoms with Gasteiger partial charge < -0.3 is 11.1 Å². The van der Waals surface area contributed by atoms with Crippen molar-refractivity contribution in [3.8, 4) is 5.82 Å². The van der Waals surface area contributed by atoms with Gasteiger partial charge in [-0.25, -0.2) is 9.97 Å². The molecule has 7 heteroatoms. The van der Waals surface area contributed by atoms with Crippen LogP contribution < -0.4 is 11.1 Å². The van der Waals surface area contributed by atoms with E-state index in [1.807, 2.05) is 35.8 Å². The number of fused-ring (bicyclic) bond motifs is 1. The fourth-order valence-corrected chi connectivity index (χ4v) is 2.82. The van der Waals surface area contributed by atoms with Crippen LogP contribution in [0.4, 0.5) is 11.5 Å². The number of nitrogens with two attached hydrogens (primary N) is 1. The molecule has 0 aliphatic heterocycles. The zero-order valence-electron chi connectivity index (χ0n) is 14.0. The maximum Gasteiger partial charge on any atom is 0.248 e. The van der Waals surface area contributed by atoms with Crippen molar-refractivity contribution in [2.24, 2.45) is 5.73 Å². The van der Waals surface area contributed by atoms with Gasteiger partial charge in [-0.15, -0.1) is 0 Å². The minimum atomic E-state index is -0.458. The van der Waals surface area contributed by atoms with Crippen LogP contribution in [-0.4, -0.2) is 25.4 Å². The molecular weight excluding hydrogens is 328 g/mol. The molecule has 4 rings (SSSR count). The van der Waals surface area contributed by atoms with E-state index in [0.717, 1.165) is 22.5 Å². The lowest BCUT2D eigenvalue weighted by Crippen LogP contribution is -2.10. The highest BCUT2D eigenvalue weighted by molar-refractivity contribution is 5.93. The van der Waals surface area contributed by atoms with E-state index in [2.05, 4.69) is 20.3 Å². The number of nitrogens with one attached hydrogen (secondary N) is 1. The molecule has 0 saturated heterocycles. The number of hydrogen-bond donors (Lipinski definition) is 2. The Morgan fingerprint density at radius 3 is 2.58 bits per heavy atom. The van der Waals surface area contributed by atoms with Gasteiger partial charge in [0.1, 0.15) is 5.82 Å². The lowest BCUT2D eigenvalue weighted by molar-refractivity contribution is 0.100. The van der Waals surface area contributed by atoms with Crippen LogP contribution in [0.2, 0.25) is 0 Å². The van der Waals surface area contributed by atoms with Crippen LogP contribution in [0.1, 0.15) is 16.2 Å². The van der Waals surface area contributed by atoms with Gasteiger partial charge in [0.2, 0.25) is 5.91 Å². The van der Waals surface area contributed by atoms with Gasteiger partial charge in [0.25, 0.3) is 0 Å². The highest BCUT2D eigenvalue weighted by Gasteiger charge is 2.11. The van der Waals surface area contributed by atoms with E-state index in [4.69, 9.17) is 5.73 Å². The average Bonchev–Trinajstić information content (AvgIpc) is 2.98. The third-order valence-electron chi connectivity index (χ3n) is 4.02. The number of anilines is 2. The first-order chi connectivity index (χ1) is 12.6. The minimum Gasteiger partial charge on any atom is -0.366 e. The van der Waals surface area contributed by atoms with Gasteiger partial charge in [-0.05, 0) is 43.3 Å². The van der Waals surface area contributed by atoms with Gasteiger partial charge in [-0.2, -0.15) is 0 Å². The SMILES string of the molecule is Cc1nc2ccccc2n1-c1cncc(Nc2ccc(C(N)=O)cc2)n1. The second-order valence-electron chi connectivity index (χ2n) is 5.81. The van der Waals surface area contributed by atoms with Crippen molar-refractivity contribution in [3.05, 3.63) is 72.3 Å². The van der Waals surface area contributed by atoms with Crippen LogP contribution in [0.5, 0.6) is 0 Å². The largest absolute Gasteiger partial charge is 0.366 e. The van der Waals surface area contributed by atoms with Crippen molar-refractivity contribution < 1.29 is 4.79 Å². The maximum absolute atomic E-state index is 11.2. The Labute approximate surface area is 149 Å². The number of para-hydroxylation sites is 2. The van der Waals surface area contributed by atoms with E-state index < -0.39 is 5.91 Å². The normalized spacial score (nSPS) is 10.8. The summed E-state index contributed by atoms with van der Waals surface area (Å²) < 4.78 is 1.96. The van der Waals surface area contributed by atoms with Crippen molar-refractivity contribution >= 4 is 28.4 Å². The van der Waals surface area contributed by atoms with E-state index in [-0.39, 0.29) is 0 Å². The summed E-state index contributed by atoms with van der Waals surface area (Å²) in [5.41, 5.74) is 8.38. The van der Waals surface area contributed by atoms with Gasteiger partial charge in [0, 0.05) is 11.3 Å². The number of aryl methyl sites for hydroxylation is 1. The predicted octanol–water partition coefficient (Wildman–Crippen LogP) is 2.97. The second kappa shape index (κ2) is 6.29. The van der Waals surface area contributed by atoms with Crippen LogP contribution in [0, 0.1) is 6.92 Å². The summed E-state index contributed by atoms with van der Waals surface area (Å²) in [4.78, 5) is 24.6. The highest BCUT2D eigenvalue weighted by Crippen LogP contribution is 2.21. The van der Waals surface area contributed by atoms with E-state index in [1.165, 1.54) is 0 Å². The molecule has 0 bridgehead atoms. The first-order valence-corrected chi connectivity index (χ1v) is 8.05. The number of primary amides is 1. The highest BCUT2D eigenvalue weighted by atomic mass is 16.1. The number of hydrogen-bond acceptors (Lipinski definition) is 5. The van der Waals surface area contributed by atoms with E-state index in [9.17, 15) is 4.79 Å². The minimum absolute atomic E-state index is 0.455. The number of imidazole rings is 1.